The molecule has 0 fully saturated rings. The van der Waals surface area contributed by atoms with Crippen LogP contribution in [0.5, 0.6) is 5.75 Å². The van der Waals surface area contributed by atoms with Crippen molar-refractivity contribution in [3.63, 3.8) is 0 Å². The van der Waals surface area contributed by atoms with Gasteiger partial charge < -0.3 is 10.5 Å². The minimum atomic E-state index is -0.509. The average Bonchev–Trinajstić information content (AvgIpc) is 3.25. The molecule has 0 aliphatic heterocycles. The van der Waals surface area contributed by atoms with Gasteiger partial charge in [0.1, 0.15) is 11.6 Å². The van der Waals surface area contributed by atoms with Gasteiger partial charge in [0.2, 0.25) is 0 Å². The van der Waals surface area contributed by atoms with Crippen molar-refractivity contribution in [3.8, 4) is 22.8 Å². The molecule has 1 amide bonds. The van der Waals surface area contributed by atoms with Crippen molar-refractivity contribution in [1.29, 1.82) is 0 Å². The molecule has 2 heterocycles. The number of primary amides is 1. The molecule has 26 heavy (non-hydrogen) atoms. The second kappa shape index (κ2) is 6.61. The highest BCUT2D eigenvalue weighted by Gasteiger charge is 2.11. The van der Waals surface area contributed by atoms with Crippen LogP contribution >= 0.6 is 11.3 Å². The van der Waals surface area contributed by atoms with Gasteiger partial charge in [0.05, 0.1) is 15.2 Å². The zero-order valence-corrected chi connectivity index (χ0v) is 14.9. The predicted molar refractivity (Wildman–Crippen MR) is 102 cm³/mol. The summed E-state index contributed by atoms with van der Waals surface area (Å²) in [6.45, 7) is 1.85. The van der Waals surface area contributed by atoms with Crippen molar-refractivity contribution >= 4 is 27.5 Å². The molecule has 4 aromatic rings. The van der Waals surface area contributed by atoms with E-state index in [2.05, 4.69) is 16.0 Å². The number of amides is 1. The predicted octanol–water partition coefficient (Wildman–Crippen LogP) is 3.32. The summed E-state index contributed by atoms with van der Waals surface area (Å²) in [5.41, 5.74) is 8.03. The normalized spacial score (nSPS) is 11.0. The number of thiazole rings is 1. The van der Waals surface area contributed by atoms with Gasteiger partial charge in [-0.3, -0.25) is 9.36 Å². The van der Waals surface area contributed by atoms with Gasteiger partial charge in [-0.1, -0.05) is 12.1 Å². The topological polar surface area (TPSA) is 83.0 Å². The maximum absolute atomic E-state index is 10.9. The van der Waals surface area contributed by atoms with Crippen LogP contribution in [0.25, 0.3) is 27.3 Å². The summed E-state index contributed by atoms with van der Waals surface area (Å²) in [4.78, 5) is 19.9. The molecule has 0 bridgehead atoms. The van der Waals surface area contributed by atoms with Crippen LogP contribution < -0.4 is 10.5 Å². The summed E-state index contributed by atoms with van der Waals surface area (Å²) < 4.78 is 8.55. The maximum Gasteiger partial charge on any atom is 0.255 e. The fraction of sp³-hybridized carbons (Fsp3) is 0.105. The number of benzene rings is 2. The minimum Gasteiger partial charge on any atom is -0.484 e. The van der Waals surface area contributed by atoms with Gasteiger partial charge in [0.15, 0.2) is 6.61 Å². The second-order valence-electron chi connectivity index (χ2n) is 5.79. The molecule has 0 unspecified atom stereocenters. The van der Waals surface area contributed by atoms with E-state index in [0.29, 0.717) is 5.75 Å². The molecular weight excluding hydrogens is 348 g/mol. The first kappa shape index (κ1) is 16.3. The monoisotopic (exact) mass is 364 g/mol. The number of fused-ring (bicyclic) bond motifs is 1. The number of imidazole rings is 1. The van der Waals surface area contributed by atoms with E-state index in [9.17, 15) is 4.79 Å². The van der Waals surface area contributed by atoms with Crippen molar-refractivity contribution in [2.24, 2.45) is 5.73 Å². The number of aryl methyl sites for hydroxylation is 1. The van der Waals surface area contributed by atoms with Gasteiger partial charge in [-0.05, 0) is 37.3 Å². The molecule has 7 heteroatoms. The summed E-state index contributed by atoms with van der Waals surface area (Å²) in [5, 5.41) is 1.04. The summed E-state index contributed by atoms with van der Waals surface area (Å²) in [6, 6.07) is 13.6. The largest absolute Gasteiger partial charge is 0.484 e. The van der Waals surface area contributed by atoms with Crippen LogP contribution in [0, 0.1) is 6.92 Å². The third-order valence-corrected chi connectivity index (χ3v) is 4.80. The number of nitrogens with zero attached hydrogens (tertiary/aromatic N) is 3. The van der Waals surface area contributed by atoms with E-state index in [1.807, 2.05) is 48.0 Å². The zero-order valence-electron chi connectivity index (χ0n) is 14.0. The lowest BCUT2D eigenvalue weighted by atomic mass is 10.2. The number of hydrogen-bond donors (Lipinski definition) is 1. The highest BCUT2D eigenvalue weighted by Crippen LogP contribution is 2.28. The number of nitrogens with two attached hydrogens (primary N) is 1. The lowest BCUT2D eigenvalue weighted by molar-refractivity contribution is -0.119. The number of ether oxygens (including phenoxy) is 1. The Morgan fingerprint density at radius 2 is 2.15 bits per heavy atom. The van der Waals surface area contributed by atoms with Crippen molar-refractivity contribution in [2.45, 2.75) is 6.92 Å². The molecule has 0 spiro atoms. The van der Waals surface area contributed by atoms with Crippen LogP contribution in [0.4, 0.5) is 0 Å². The molecule has 6 nitrogen and oxygen atoms in total. The number of carbonyl (C=O) groups excluding carboxylic acids is 1. The Hall–Kier alpha value is -3.19. The molecular formula is C19H16N4O2S. The van der Waals surface area contributed by atoms with Crippen molar-refractivity contribution in [2.75, 3.05) is 6.61 Å². The molecule has 0 aliphatic rings. The molecule has 0 saturated carbocycles. The molecule has 2 aromatic heterocycles. The van der Waals surface area contributed by atoms with E-state index < -0.39 is 5.91 Å². The van der Waals surface area contributed by atoms with Crippen molar-refractivity contribution in [3.05, 3.63) is 59.9 Å². The summed E-state index contributed by atoms with van der Waals surface area (Å²) >= 11 is 1.67. The van der Waals surface area contributed by atoms with Crippen LogP contribution in [0.2, 0.25) is 0 Å². The molecule has 4 rings (SSSR count). The first-order valence-electron chi connectivity index (χ1n) is 8.02. The third-order valence-electron chi connectivity index (χ3n) is 3.87. The fourth-order valence-corrected chi connectivity index (χ4v) is 3.64. The molecule has 0 atom stereocenters. The molecule has 2 aromatic carbocycles. The lowest BCUT2D eigenvalue weighted by Crippen LogP contribution is -2.20. The number of aromatic nitrogens is 3. The molecule has 0 radical (unpaired) electrons. The Labute approximate surface area is 153 Å². The van der Waals surface area contributed by atoms with E-state index in [4.69, 9.17) is 10.5 Å². The van der Waals surface area contributed by atoms with Crippen molar-refractivity contribution < 1.29 is 9.53 Å². The third kappa shape index (κ3) is 3.16. The number of carbonyl (C=O) groups is 1. The van der Waals surface area contributed by atoms with E-state index in [-0.39, 0.29) is 6.61 Å². The standard InChI is InChI=1S/C19H16N4O2S/c1-12-22-16-6-5-14(10-17(16)26-12)23-8-7-21-19(23)13-3-2-4-15(9-13)25-11-18(20)24/h2-10H,11H2,1H3,(H2,20,24). The van der Waals surface area contributed by atoms with Gasteiger partial charge >= 0.3 is 0 Å². The Bertz CT molecular complexity index is 1100. The Morgan fingerprint density at radius 3 is 3.00 bits per heavy atom. The van der Waals surface area contributed by atoms with Gasteiger partial charge in [0.25, 0.3) is 5.91 Å². The van der Waals surface area contributed by atoms with Gasteiger partial charge in [-0.15, -0.1) is 11.3 Å². The van der Waals surface area contributed by atoms with E-state index in [1.54, 1.807) is 23.6 Å². The van der Waals surface area contributed by atoms with Gasteiger partial charge in [-0.25, -0.2) is 9.97 Å². The first-order chi connectivity index (χ1) is 12.6. The highest BCUT2D eigenvalue weighted by molar-refractivity contribution is 7.18. The van der Waals surface area contributed by atoms with Gasteiger partial charge in [-0.2, -0.15) is 0 Å². The molecule has 2 N–H and O–H groups in total. The zero-order chi connectivity index (χ0) is 18.1. The Morgan fingerprint density at radius 1 is 1.27 bits per heavy atom. The molecule has 130 valence electrons. The minimum absolute atomic E-state index is 0.153. The van der Waals surface area contributed by atoms with E-state index >= 15 is 0 Å². The summed E-state index contributed by atoms with van der Waals surface area (Å²) in [5.74, 6) is 0.851. The number of rotatable bonds is 5. The Kier molecular flexibility index (Phi) is 4.14. The van der Waals surface area contributed by atoms with Crippen LogP contribution in [-0.2, 0) is 4.79 Å². The highest BCUT2D eigenvalue weighted by atomic mass is 32.1. The second-order valence-corrected chi connectivity index (χ2v) is 7.02. The van der Waals surface area contributed by atoms with Gasteiger partial charge in [0, 0.05) is 23.6 Å². The fourth-order valence-electron chi connectivity index (χ4n) is 2.78. The number of hydrogen-bond acceptors (Lipinski definition) is 5. The SMILES string of the molecule is Cc1nc2ccc(-n3ccnc3-c3cccc(OCC(N)=O)c3)cc2s1. The van der Waals surface area contributed by atoms with Crippen LogP contribution in [-0.4, -0.2) is 27.0 Å². The quantitative estimate of drug-likeness (QED) is 0.589. The molecule has 0 aliphatic carbocycles. The summed E-state index contributed by atoms with van der Waals surface area (Å²) in [7, 11) is 0. The average molecular weight is 364 g/mol. The molecule has 0 saturated heterocycles. The van der Waals surface area contributed by atoms with E-state index in [1.165, 1.54) is 0 Å². The smallest absolute Gasteiger partial charge is 0.255 e. The first-order valence-corrected chi connectivity index (χ1v) is 8.84. The van der Waals surface area contributed by atoms with Crippen LogP contribution in [0.15, 0.2) is 54.9 Å². The van der Waals surface area contributed by atoms with Crippen LogP contribution in [0.3, 0.4) is 0 Å². The lowest BCUT2D eigenvalue weighted by Gasteiger charge is -2.10. The van der Waals surface area contributed by atoms with Crippen molar-refractivity contribution in [1.82, 2.24) is 14.5 Å². The maximum atomic E-state index is 10.9. The Balaban J connectivity index is 1.72. The summed E-state index contributed by atoms with van der Waals surface area (Å²) in [6.07, 6.45) is 3.68. The van der Waals surface area contributed by atoms with E-state index in [0.717, 1.165) is 32.3 Å². The van der Waals surface area contributed by atoms with Crippen LogP contribution in [0.1, 0.15) is 5.01 Å².